The van der Waals surface area contributed by atoms with Gasteiger partial charge in [0.2, 0.25) is 11.9 Å². The Morgan fingerprint density at radius 3 is 2.89 bits per heavy atom. The van der Waals surface area contributed by atoms with Crippen LogP contribution in [0, 0.1) is 0 Å². The standard InChI is InChI=1S/C10H14N6O2/c1-16(6-7-4-3-5-18-7)9-12-8(15-11)13-10(14-9)17-2/h3-5H,6,11H2,1-2H3,(H,12,13,14,15). The molecule has 2 aromatic rings. The quantitative estimate of drug-likeness (QED) is 0.580. The van der Waals surface area contributed by atoms with Gasteiger partial charge in [-0.05, 0) is 12.1 Å². The maximum absolute atomic E-state index is 5.28. The van der Waals surface area contributed by atoms with Crippen LogP contribution in [0.3, 0.4) is 0 Å². The van der Waals surface area contributed by atoms with Crippen LogP contribution in [0.4, 0.5) is 11.9 Å². The second kappa shape index (κ2) is 5.32. The van der Waals surface area contributed by atoms with Gasteiger partial charge in [0.1, 0.15) is 5.76 Å². The molecule has 96 valence electrons. The van der Waals surface area contributed by atoms with Gasteiger partial charge in [-0.2, -0.15) is 15.0 Å². The van der Waals surface area contributed by atoms with Gasteiger partial charge in [0.05, 0.1) is 19.9 Å². The van der Waals surface area contributed by atoms with E-state index in [0.29, 0.717) is 12.5 Å². The van der Waals surface area contributed by atoms with Crippen LogP contribution >= 0.6 is 0 Å². The lowest BCUT2D eigenvalue weighted by molar-refractivity contribution is 0.378. The molecule has 3 N–H and O–H groups in total. The molecule has 0 aliphatic rings. The van der Waals surface area contributed by atoms with Crippen LogP contribution < -0.4 is 20.9 Å². The smallest absolute Gasteiger partial charge is 0.322 e. The van der Waals surface area contributed by atoms with E-state index in [1.807, 2.05) is 19.2 Å². The van der Waals surface area contributed by atoms with Gasteiger partial charge in [-0.3, -0.25) is 5.43 Å². The molecule has 0 aliphatic heterocycles. The largest absolute Gasteiger partial charge is 0.467 e. The number of hydrogen-bond donors (Lipinski definition) is 2. The Labute approximate surface area is 104 Å². The highest BCUT2D eigenvalue weighted by Gasteiger charge is 2.11. The first-order valence-corrected chi connectivity index (χ1v) is 5.23. The van der Waals surface area contributed by atoms with E-state index in [9.17, 15) is 0 Å². The SMILES string of the molecule is COc1nc(NN)nc(N(C)Cc2ccco2)n1. The summed E-state index contributed by atoms with van der Waals surface area (Å²) in [7, 11) is 3.31. The molecule has 0 amide bonds. The zero-order chi connectivity index (χ0) is 13.0. The summed E-state index contributed by atoms with van der Waals surface area (Å²) in [6, 6.07) is 3.89. The molecule has 0 saturated carbocycles. The van der Waals surface area contributed by atoms with Crippen molar-refractivity contribution in [3.63, 3.8) is 0 Å². The monoisotopic (exact) mass is 250 g/mol. The van der Waals surface area contributed by atoms with Gasteiger partial charge >= 0.3 is 6.01 Å². The second-order valence-electron chi connectivity index (χ2n) is 3.53. The minimum absolute atomic E-state index is 0.194. The number of hydrazine groups is 1. The number of nitrogens with one attached hydrogen (secondary N) is 1. The van der Waals surface area contributed by atoms with E-state index in [0.717, 1.165) is 5.76 Å². The number of furan rings is 1. The molecular weight excluding hydrogens is 236 g/mol. The third kappa shape index (κ3) is 2.66. The Morgan fingerprint density at radius 1 is 1.44 bits per heavy atom. The molecule has 0 radical (unpaired) electrons. The van der Waals surface area contributed by atoms with Gasteiger partial charge in [-0.1, -0.05) is 0 Å². The van der Waals surface area contributed by atoms with Crippen LogP contribution in [0.5, 0.6) is 6.01 Å². The van der Waals surface area contributed by atoms with Gasteiger partial charge in [0, 0.05) is 7.05 Å². The van der Waals surface area contributed by atoms with Crippen molar-refractivity contribution in [3.8, 4) is 6.01 Å². The molecule has 0 bridgehead atoms. The van der Waals surface area contributed by atoms with Crippen molar-refractivity contribution in [1.82, 2.24) is 15.0 Å². The lowest BCUT2D eigenvalue weighted by Crippen LogP contribution is -2.21. The third-order valence-corrected chi connectivity index (χ3v) is 2.23. The molecule has 0 fully saturated rings. The van der Waals surface area contributed by atoms with Gasteiger partial charge in [0.25, 0.3) is 0 Å². The lowest BCUT2D eigenvalue weighted by atomic mass is 10.4. The van der Waals surface area contributed by atoms with Crippen LogP contribution in [0.1, 0.15) is 5.76 Å². The summed E-state index contributed by atoms with van der Waals surface area (Å²) < 4.78 is 10.2. The number of anilines is 2. The highest BCUT2D eigenvalue weighted by Crippen LogP contribution is 2.15. The molecule has 8 heteroatoms. The average Bonchev–Trinajstić information content (AvgIpc) is 2.90. The van der Waals surface area contributed by atoms with Crippen molar-refractivity contribution in [3.05, 3.63) is 24.2 Å². The first-order valence-electron chi connectivity index (χ1n) is 5.23. The zero-order valence-corrected chi connectivity index (χ0v) is 10.1. The summed E-state index contributed by atoms with van der Waals surface area (Å²) in [5.41, 5.74) is 2.36. The maximum Gasteiger partial charge on any atom is 0.322 e. The molecule has 8 nitrogen and oxygen atoms in total. The fourth-order valence-electron chi connectivity index (χ4n) is 1.38. The molecule has 0 aromatic carbocycles. The fourth-order valence-corrected chi connectivity index (χ4v) is 1.38. The highest BCUT2D eigenvalue weighted by atomic mass is 16.5. The molecule has 0 unspecified atom stereocenters. The van der Waals surface area contributed by atoms with Crippen LogP contribution in [0.2, 0.25) is 0 Å². The Bertz CT molecular complexity index is 479. The Kier molecular flexibility index (Phi) is 3.58. The van der Waals surface area contributed by atoms with Crippen LogP contribution in [-0.4, -0.2) is 29.1 Å². The molecule has 0 spiro atoms. The molecule has 0 aliphatic carbocycles. The predicted molar refractivity (Wildman–Crippen MR) is 65.0 cm³/mol. The summed E-state index contributed by atoms with van der Waals surface area (Å²) in [6.07, 6.45) is 1.62. The van der Waals surface area contributed by atoms with Crippen molar-refractivity contribution in [2.75, 3.05) is 24.5 Å². The summed E-state index contributed by atoms with van der Waals surface area (Å²) in [4.78, 5) is 14.0. The zero-order valence-electron chi connectivity index (χ0n) is 10.1. The Morgan fingerprint density at radius 2 is 2.28 bits per heavy atom. The van der Waals surface area contributed by atoms with Crippen molar-refractivity contribution in [1.29, 1.82) is 0 Å². The highest BCUT2D eigenvalue weighted by molar-refractivity contribution is 5.37. The number of nitrogens with zero attached hydrogens (tertiary/aromatic N) is 4. The minimum atomic E-state index is 0.194. The summed E-state index contributed by atoms with van der Waals surface area (Å²) in [6.45, 7) is 0.532. The minimum Gasteiger partial charge on any atom is -0.467 e. The van der Waals surface area contributed by atoms with E-state index < -0.39 is 0 Å². The van der Waals surface area contributed by atoms with Crippen LogP contribution in [0.15, 0.2) is 22.8 Å². The summed E-state index contributed by atoms with van der Waals surface area (Å²) >= 11 is 0. The van der Waals surface area contributed by atoms with E-state index in [1.54, 1.807) is 11.2 Å². The molecular formula is C10H14N6O2. The number of hydrogen-bond acceptors (Lipinski definition) is 8. The van der Waals surface area contributed by atoms with Crippen LogP contribution in [0.25, 0.3) is 0 Å². The number of nitrogen functional groups attached to an aromatic ring is 1. The first-order chi connectivity index (χ1) is 8.72. The Balaban J connectivity index is 2.20. The molecule has 0 atom stereocenters. The van der Waals surface area contributed by atoms with Gasteiger partial charge in [0.15, 0.2) is 0 Å². The van der Waals surface area contributed by atoms with Gasteiger partial charge in [-0.25, -0.2) is 5.84 Å². The number of aromatic nitrogens is 3. The number of ether oxygens (including phenoxy) is 1. The number of methoxy groups -OCH3 is 1. The van der Waals surface area contributed by atoms with E-state index in [-0.39, 0.29) is 12.0 Å². The first kappa shape index (κ1) is 12.1. The second-order valence-corrected chi connectivity index (χ2v) is 3.53. The van der Waals surface area contributed by atoms with Crippen molar-refractivity contribution in [2.24, 2.45) is 5.84 Å². The average molecular weight is 250 g/mol. The molecule has 2 aromatic heterocycles. The van der Waals surface area contributed by atoms with E-state index in [4.69, 9.17) is 15.0 Å². The topological polar surface area (TPSA) is 102 Å². The van der Waals surface area contributed by atoms with Crippen LogP contribution in [-0.2, 0) is 6.54 Å². The molecule has 18 heavy (non-hydrogen) atoms. The maximum atomic E-state index is 5.28. The lowest BCUT2D eigenvalue weighted by Gasteiger charge is -2.16. The van der Waals surface area contributed by atoms with Crippen molar-refractivity contribution in [2.45, 2.75) is 6.54 Å². The molecule has 2 heterocycles. The van der Waals surface area contributed by atoms with Crippen molar-refractivity contribution < 1.29 is 9.15 Å². The molecule has 0 saturated heterocycles. The number of nitrogens with two attached hydrogens (primary N) is 1. The fraction of sp³-hybridized carbons (Fsp3) is 0.300. The number of rotatable bonds is 5. The van der Waals surface area contributed by atoms with E-state index in [2.05, 4.69) is 20.4 Å². The van der Waals surface area contributed by atoms with Gasteiger partial charge in [-0.15, -0.1) is 0 Å². The van der Waals surface area contributed by atoms with E-state index >= 15 is 0 Å². The van der Waals surface area contributed by atoms with Crippen molar-refractivity contribution >= 4 is 11.9 Å². The third-order valence-electron chi connectivity index (χ3n) is 2.23. The summed E-state index contributed by atoms with van der Waals surface area (Å²) in [5, 5.41) is 0. The van der Waals surface area contributed by atoms with Gasteiger partial charge < -0.3 is 14.1 Å². The predicted octanol–water partition coefficient (Wildman–Crippen LogP) is 0.395. The normalized spacial score (nSPS) is 10.2. The van der Waals surface area contributed by atoms with E-state index in [1.165, 1.54) is 7.11 Å². The summed E-state index contributed by atoms with van der Waals surface area (Å²) in [5.74, 6) is 6.76. The Hall–Kier alpha value is -2.35. The molecule has 2 rings (SSSR count).